The fourth-order valence-electron chi connectivity index (χ4n) is 2.00. The van der Waals surface area contributed by atoms with Crippen molar-refractivity contribution < 1.29 is 0 Å². The van der Waals surface area contributed by atoms with Crippen molar-refractivity contribution >= 4 is 32.9 Å². The van der Waals surface area contributed by atoms with Crippen molar-refractivity contribution in [1.29, 1.82) is 0 Å². The summed E-state index contributed by atoms with van der Waals surface area (Å²) in [6.07, 6.45) is 4.56. The molecular weight excluding hydrogens is 256 g/mol. The summed E-state index contributed by atoms with van der Waals surface area (Å²) in [5, 5.41) is 3.36. The number of hydrogen-bond donors (Lipinski definition) is 2. The molecule has 4 nitrogen and oxygen atoms in total. The van der Waals surface area contributed by atoms with Gasteiger partial charge >= 0.3 is 0 Å². The van der Waals surface area contributed by atoms with E-state index in [0.29, 0.717) is 0 Å². The molecule has 19 heavy (non-hydrogen) atoms. The Hall–Kier alpha value is -2.14. The highest BCUT2D eigenvalue weighted by Gasteiger charge is 2.06. The molecule has 3 aromatic rings. The first kappa shape index (κ1) is 11.9. The van der Waals surface area contributed by atoms with E-state index in [1.807, 2.05) is 36.1 Å². The predicted molar refractivity (Wildman–Crippen MR) is 80.5 cm³/mol. The van der Waals surface area contributed by atoms with Gasteiger partial charge in [-0.15, -0.1) is 11.3 Å². The number of anilines is 2. The van der Waals surface area contributed by atoms with Crippen molar-refractivity contribution in [1.82, 2.24) is 9.97 Å². The van der Waals surface area contributed by atoms with Crippen LogP contribution in [0.1, 0.15) is 5.56 Å². The van der Waals surface area contributed by atoms with Crippen molar-refractivity contribution in [3.63, 3.8) is 0 Å². The molecule has 0 aliphatic heterocycles. The Morgan fingerprint density at radius 2 is 2.00 bits per heavy atom. The van der Waals surface area contributed by atoms with Crippen LogP contribution in [0.4, 0.5) is 11.4 Å². The van der Waals surface area contributed by atoms with Crippen molar-refractivity contribution in [2.75, 3.05) is 17.6 Å². The van der Waals surface area contributed by atoms with Crippen molar-refractivity contribution in [3.8, 4) is 0 Å². The fourth-order valence-corrected chi connectivity index (χ4v) is 2.69. The van der Waals surface area contributed by atoms with Gasteiger partial charge in [0.05, 0.1) is 21.6 Å². The zero-order valence-electron chi connectivity index (χ0n) is 10.3. The third-order valence-corrected chi connectivity index (χ3v) is 3.81. The lowest BCUT2D eigenvalue weighted by molar-refractivity contribution is 1.01. The number of nitrogen functional groups attached to an aromatic ring is 1. The van der Waals surface area contributed by atoms with Gasteiger partial charge in [-0.2, -0.15) is 0 Å². The molecule has 2 heterocycles. The summed E-state index contributed by atoms with van der Waals surface area (Å²) in [6.45, 7) is 0.837. The summed E-state index contributed by atoms with van der Waals surface area (Å²) in [7, 11) is 0. The molecule has 5 heteroatoms. The lowest BCUT2D eigenvalue weighted by Gasteiger charge is -2.09. The van der Waals surface area contributed by atoms with Crippen LogP contribution in [-0.4, -0.2) is 16.5 Å². The number of pyridine rings is 1. The highest BCUT2D eigenvalue weighted by atomic mass is 32.1. The number of rotatable bonds is 4. The van der Waals surface area contributed by atoms with Crippen LogP contribution >= 0.6 is 11.3 Å². The smallest absolute Gasteiger partial charge is 0.106 e. The number of benzene rings is 1. The van der Waals surface area contributed by atoms with E-state index in [1.165, 1.54) is 5.56 Å². The largest absolute Gasteiger partial charge is 0.395 e. The summed E-state index contributed by atoms with van der Waals surface area (Å²) >= 11 is 1.61. The molecule has 0 saturated carbocycles. The number of hydrogen-bond acceptors (Lipinski definition) is 5. The van der Waals surface area contributed by atoms with E-state index in [-0.39, 0.29) is 0 Å². The molecular formula is C14H14N4S. The molecule has 0 atom stereocenters. The maximum atomic E-state index is 6.11. The molecule has 0 aliphatic rings. The molecule has 0 radical (unpaired) electrons. The molecule has 0 spiro atoms. The zero-order valence-corrected chi connectivity index (χ0v) is 11.2. The average molecular weight is 270 g/mol. The van der Waals surface area contributed by atoms with Crippen LogP contribution in [0.15, 0.2) is 42.2 Å². The second kappa shape index (κ2) is 5.24. The monoisotopic (exact) mass is 270 g/mol. The first-order valence-electron chi connectivity index (χ1n) is 6.09. The maximum Gasteiger partial charge on any atom is 0.106 e. The van der Waals surface area contributed by atoms with Gasteiger partial charge in [-0.05, 0) is 36.2 Å². The number of thiazole rings is 1. The second-order valence-corrected chi connectivity index (χ2v) is 5.14. The molecule has 3 N–H and O–H groups in total. The molecule has 1 aromatic carbocycles. The van der Waals surface area contributed by atoms with Crippen LogP contribution in [0.25, 0.3) is 10.2 Å². The lowest BCUT2D eigenvalue weighted by atomic mass is 10.2. The van der Waals surface area contributed by atoms with E-state index in [0.717, 1.165) is 34.6 Å². The quantitative estimate of drug-likeness (QED) is 0.715. The molecule has 0 unspecified atom stereocenters. The first-order chi connectivity index (χ1) is 9.34. The summed E-state index contributed by atoms with van der Waals surface area (Å²) < 4.78 is 1.12. The SMILES string of the molecule is Nc1c(NCCc2ccncc2)ccc2scnc12. The van der Waals surface area contributed by atoms with Gasteiger partial charge in [0.25, 0.3) is 0 Å². The van der Waals surface area contributed by atoms with Crippen LogP contribution in [0.5, 0.6) is 0 Å². The van der Waals surface area contributed by atoms with E-state index in [4.69, 9.17) is 5.73 Å². The van der Waals surface area contributed by atoms with Crippen LogP contribution < -0.4 is 11.1 Å². The Morgan fingerprint density at radius 3 is 2.84 bits per heavy atom. The number of nitrogens with two attached hydrogens (primary N) is 1. The molecule has 3 rings (SSSR count). The number of aromatic nitrogens is 2. The van der Waals surface area contributed by atoms with Crippen LogP contribution in [-0.2, 0) is 6.42 Å². The third kappa shape index (κ3) is 2.51. The Balaban J connectivity index is 1.70. The van der Waals surface area contributed by atoms with Crippen molar-refractivity contribution in [3.05, 3.63) is 47.7 Å². The minimum Gasteiger partial charge on any atom is -0.395 e. The zero-order chi connectivity index (χ0) is 13.1. The van der Waals surface area contributed by atoms with Gasteiger partial charge in [-0.1, -0.05) is 0 Å². The van der Waals surface area contributed by atoms with E-state index < -0.39 is 0 Å². The molecule has 0 amide bonds. The standard InChI is InChI=1S/C14H14N4S/c15-13-11(1-2-12-14(13)18-9-19-12)17-8-5-10-3-6-16-7-4-10/h1-4,6-7,9,17H,5,8,15H2. The van der Waals surface area contributed by atoms with Crippen molar-refractivity contribution in [2.24, 2.45) is 0 Å². The highest BCUT2D eigenvalue weighted by molar-refractivity contribution is 7.16. The Kier molecular flexibility index (Phi) is 3.29. The minimum absolute atomic E-state index is 0.730. The van der Waals surface area contributed by atoms with Gasteiger partial charge < -0.3 is 11.1 Å². The van der Waals surface area contributed by atoms with E-state index in [2.05, 4.69) is 21.4 Å². The van der Waals surface area contributed by atoms with Crippen LogP contribution in [0.2, 0.25) is 0 Å². The second-order valence-electron chi connectivity index (χ2n) is 4.26. The fraction of sp³-hybridized carbons (Fsp3) is 0.143. The van der Waals surface area contributed by atoms with Gasteiger partial charge in [-0.25, -0.2) is 4.98 Å². The predicted octanol–water partition coefficient (Wildman–Crippen LogP) is 2.93. The molecule has 2 aromatic heterocycles. The first-order valence-corrected chi connectivity index (χ1v) is 6.97. The maximum absolute atomic E-state index is 6.11. The van der Waals surface area contributed by atoms with Gasteiger partial charge in [0, 0.05) is 18.9 Å². The molecule has 0 aliphatic carbocycles. The van der Waals surface area contributed by atoms with Crippen LogP contribution in [0, 0.1) is 0 Å². The topological polar surface area (TPSA) is 63.8 Å². The third-order valence-electron chi connectivity index (χ3n) is 3.02. The van der Waals surface area contributed by atoms with Gasteiger partial charge in [0.1, 0.15) is 5.52 Å². The molecule has 0 saturated heterocycles. The lowest BCUT2D eigenvalue weighted by Crippen LogP contribution is -2.07. The number of fused-ring (bicyclic) bond motifs is 1. The summed E-state index contributed by atoms with van der Waals surface area (Å²) in [5.41, 5.74) is 11.8. The number of nitrogens with zero attached hydrogens (tertiary/aromatic N) is 2. The summed E-state index contributed by atoms with van der Waals surface area (Å²) in [4.78, 5) is 8.30. The Bertz CT molecular complexity index is 678. The van der Waals surface area contributed by atoms with Gasteiger partial charge in [-0.3, -0.25) is 4.98 Å². The Labute approximate surface area is 115 Å². The molecule has 0 fully saturated rings. The van der Waals surface area contributed by atoms with Gasteiger partial charge in [0.2, 0.25) is 0 Å². The minimum atomic E-state index is 0.730. The van der Waals surface area contributed by atoms with Crippen LogP contribution in [0.3, 0.4) is 0 Å². The normalized spacial score (nSPS) is 10.7. The van der Waals surface area contributed by atoms with Gasteiger partial charge in [0.15, 0.2) is 0 Å². The van der Waals surface area contributed by atoms with E-state index >= 15 is 0 Å². The molecule has 96 valence electrons. The van der Waals surface area contributed by atoms with E-state index in [1.54, 1.807) is 11.3 Å². The molecule has 0 bridgehead atoms. The average Bonchev–Trinajstić information content (AvgIpc) is 2.92. The number of nitrogens with one attached hydrogen (secondary N) is 1. The summed E-state index contributed by atoms with van der Waals surface area (Å²) in [6, 6.07) is 8.11. The van der Waals surface area contributed by atoms with Crippen molar-refractivity contribution in [2.45, 2.75) is 6.42 Å². The summed E-state index contributed by atoms with van der Waals surface area (Å²) in [5.74, 6) is 0. The Morgan fingerprint density at radius 1 is 1.16 bits per heavy atom. The highest BCUT2D eigenvalue weighted by Crippen LogP contribution is 2.29. The van der Waals surface area contributed by atoms with E-state index in [9.17, 15) is 0 Å².